The van der Waals surface area contributed by atoms with Crippen LogP contribution in [0, 0.1) is 6.92 Å². The molecular weight excluding hydrogens is 330 g/mol. The molecule has 4 heteroatoms. The summed E-state index contributed by atoms with van der Waals surface area (Å²) in [5, 5.41) is 9.22. The van der Waals surface area contributed by atoms with E-state index in [1.54, 1.807) is 4.90 Å². The van der Waals surface area contributed by atoms with Crippen LogP contribution in [0.2, 0.25) is 0 Å². The zero-order chi connectivity index (χ0) is 15.2. The summed E-state index contributed by atoms with van der Waals surface area (Å²) in [4.78, 5) is 14.3. The first kappa shape index (κ1) is 15.7. The van der Waals surface area contributed by atoms with Gasteiger partial charge in [0.2, 0.25) is 0 Å². The van der Waals surface area contributed by atoms with Crippen molar-refractivity contribution in [3.05, 3.63) is 69.7 Å². The molecule has 0 bridgehead atoms. The number of aryl methyl sites for hydroxylation is 1. The molecule has 0 unspecified atom stereocenters. The van der Waals surface area contributed by atoms with Crippen LogP contribution in [0.3, 0.4) is 0 Å². The molecule has 0 aliphatic rings. The lowest BCUT2D eigenvalue weighted by atomic mass is 10.1. The first-order valence-electron chi connectivity index (χ1n) is 6.81. The molecule has 2 rings (SSSR count). The zero-order valence-electron chi connectivity index (χ0n) is 11.9. The van der Waals surface area contributed by atoms with Gasteiger partial charge in [-0.3, -0.25) is 4.79 Å². The van der Waals surface area contributed by atoms with E-state index in [0.29, 0.717) is 18.7 Å². The minimum atomic E-state index is -0.0719. The molecule has 0 fully saturated rings. The number of nitrogens with zero attached hydrogens (tertiary/aromatic N) is 1. The second-order valence-electron chi connectivity index (χ2n) is 4.95. The number of halogens is 1. The Morgan fingerprint density at radius 3 is 2.52 bits per heavy atom. The Morgan fingerprint density at radius 1 is 1.19 bits per heavy atom. The molecule has 0 aliphatic heterocycles. The zero-order valence-corrected chi connectivity index (χ0v) is 13.5. The molecule has 2 aromatic rings. The summed E-state index contributed by atoms with van der Waals surface area (Å²) in [7, 11) is 0. The second kappa shape index (κ2) is 7.38. The van der Waals surface area contributed by atoms with E-state index >= 15 is 0 Å². The second-order valence-corrected chi connectivity index (χ2v) is 5.87. The molecule has 2 aromatic carbocycles. The van der Waals surface area contributed by atoms with E-state index in [1.165, 1.54) is 0 Å². The van der Waals surface area contributed by atoms with Gasteiger partial charge in [0.1, 0.15) is 0 Å². The number of carbonyl (C=O) groups excluding carboxylic acids is 1. The summed E-state index contributed by atoms with van der Waals surface area (Å²) in [6.07, 6.45) is 0. The van der Waals surface area contributed by atoms with Crippen LogP contribution in [0.5, 0.6) is 0 Å². The Balaban J connectivity index is 2.22. The first-order chi connectivity index (χ1) is 10.1. The monoisotopic (exact) mass is 347 g/mol. The number of hydrogen-bond acceptors (Lipinski definition) is 2. The van der Waals surface area contributed by atoms with Crippen molar-refractivity contribution in [2.75, 3.05) is 13.2 Å². The molecule has 21 heavy (non-hydrogen) atoms. The van der Waals surface area contributed by atoms with Gasteiger partial charge in [0, 0.05) is 23.1 Å². The van der Waals surface area contributed by atoms with Crippen molar-refractivity contribution in [1.82, 2.24) is 4.90 Å². The Kier molecular flexibility index (Phi) is 5.53. The summed E-state index contributed by atoms with van der Waals surface area (Å²) >= 11 is 3.42. The van der Waals surface area contributed by atoms with Crippen LogP contribution in [0.15, 0.2) is 53.0 Å². The Bertz CT molecular complexity index is 593. The third-order valence-electron chi connectivity index (χ3n) is 3.16. The van der Waals surface area contributed by atoms with E-state index in [2.05, 4.69) is 15.9 Å². The quantitative estimate of drug-likeness (QED) is 0.900. The Hall–Kier alpha value is -1.65. The van der Waals surface area contributed by atoms with E-state index < -0.39 is 0 Å². The number of aliphatic hydroxyl groups is 1. The van der Waals surface area contributed by atoms with Gasteiger partial charge in [-0.25, -0.2) is 0 Å². The smallest absolute Gasteiger partial charge is 0.254 e. The number of aliphatic hydroxyl groups excluding tert-OH is 1. The minimum Gasteiger partial charge on any atom is -0.395 e. The van der Waals surface area contributed by atoms with Crippen molar-refractivity contribution >= 4 is 21.8 Å². The molecule has 0 saturated carbocycles. The topological polar surface area (TPSA) is 40.5 Å². The van der Waals surface area contributed by atoms with E-state index in [4.69, 9.17) is 0 Å². The van der Waals surface area contributed by atoms with Crippen LogP contribution < -0.4 is 0 Å². The van der Waals surface area contributed by atoms with Gasteiger partial charge in [-0.1, -0.05) is 46.3 Å². The Labute approximate surface area is 133 Å². The lowest BCUT2D eigenvalue weighted by Crippen LogP contribution is -2.33. The van der Waals surface area contributed by atoms with Gasteiger partial charge >= 0.3 is 0 Å². The molecular formula is C17H18BrNO2. The van der Waals surface area contributed by atoms with Gasteiger partial charge in [-0.2, -0.15) is 0 Å². The maximum absolute atomic E-state index is 12.6. The van der Waals surface area contributed by atoms with Gasteiger partial charge < -0.3 is 10.0 Å². The third-order valence-corrected chi connectivity index (χ3v) is 3.62. The number of benzene rings is 2. The van der Waals surface area contributed by atoms with Crippen molar-refractivity contribution in [2.45, 2.75) is 13.5 Å². The number of rotatable bonds is 5. The molecule has 1 N–H and O–H groups in total. The summed E-state index contributed by atoms with van der Waals surface area (Å²) in [6, 6.07) is 15.4. The van der Waals surface area contributed by atoms with Crippen molar-refractivity contribution in [1.29, 1.82) is 0 Å². The fourth-order valence-corrected chi connectivity index (χ4v) is 2.83. The summed E-state index contributed by atoms with van der Waals surface area (Å²) in [5.74, 6) is -0.0719. The summed E-state index contributed by atoms with van der Waals surface area (Å²) in [6.45, 7) is 2.71. The van der Waals surface area contributed by atoms with Gasteiger partial charge in [-0.05, 0) is 36.2 Å². The molecule has 0 heterocycles. The van der Waals surface area contributed by atoms with Gasteiger partial charge in [0.25, 0.3) is 5.91 Å². The van der Waals surface area contributed by atoms with Crippen LogP contribution in [-0.4, -0.2) is 29.1 Å². The average molecular weight is 348 g/mol. The van der Waals surface area contributed by atoms with Gasteiger partial charge in [-0.15, -0.1) is 0 Å². The number of amides is 1. The molecule has 110 valence electrons. The summed E-state index contributed by atoms with van der Waals surface area (Å²) in [5.41, 5.74) is 2.70. The highest BCUT2D eigenvalue weighted by Gasteiger charge is 2.16. The van der Waals surface area contributed by atoms with Crippen LogP contribution in [0.1, 0.15) is 21.5 Å². The van der Waals surface area contributed by atoms with Crippen molar-refractivity contribution in [3.63, 3.8) is 0 Å². The fourth-order valence-electron chi connectivity index (χ4n) is 2.22. The standard InChI is InChI=1S/C17H18BrNO2/c1-13-9-15(11-16(18)10-13)17(21)19(7-8-20)12-14-5-3-2-4-6-14/h2-6,9-11,20H,7-8,12H2,1H3. The predicted octanol–water partition coefficient (Wildman–Crippen LogP) is 3.39. The molecule has 0 radical (unpaired) electrons. The van der Waals surface area contributed by atoms with Crippen LogP contribution in [0.25, 0.3) is 0 Å². The van der Waals surface area contributed by atoms with Gasteiger partial charge in [0.05, 0.1) is 6.61 Å². The molecule has 0 aromatic heterocycles. The molecule has 3 nitrogen and oxygen atoms in total. The maximum Gasteiger partial charge on any atom is 0.254 e. The highest BCUT2D eigenvalue weighted by molar-refractivity contribution is 9.10. The first-order valence-corrected chi connectivity index (χ1v) is 7.60. The van der Waals surface area contributed by atoms with E-state index in [1.807, 2.05) is 55.5 Å². The largest absolute Gasteiger partial charge is 0.395 e. The van der Waals surface area contributed by atoms with Crippen LogP contribution in [0.4, 0.5) is 0 Å². The lowest BCUT2D eigenvalue weighted by molar-refractivity contribution is 0.0707. The van der Waals surface area contributed by atoms with Crippen molar-refractivity contribution in [2.24, 2.45) is 0 Å². The number of hydrogen-bond donors (Lipinski definition) is 1. The third kappa shape index (κ3) is 4.41. The Morgan fingerprint density at radius 2 is 1.90 bits per heavy atom. The van der Waals surface area contributed by atoms with E-state index in [0.717, 1.165) is 15.6 Å². The molecule has 0 saturated heterocycles. The van der Waals surface area contributed by atoms with Gasteiger partial charge in [0.15, 0.2) is 0 Å². The molecule has 0 spiro atoms. The maximum atomic E-state index is 12.6. The summed E-state index contributed by atoms with van der Waals surface area (Å²) < 4.78 is 0.884. The predicted molar refractivity (Wildman–Crippen MR) is 87.1 cm³/mol. The van der Waals surface area contributed by atoms with Crippen molar-refractivity contribution < 1.29 is 9.90 Å². The SMILES string of the molecule is Cc1cc(Br)cc(C(=O)N(CCO)Cc2ccccc2)c1. The lowest BCUT2D eigenvalue weighted by Gasteiger charge is -2.22. The molecule has 0 aliphatic carbocycles. The fraction of sp³-hybridized carbons (Fsp3) is 0.235. The minimum absolute atomic E-state index is 0.0500. The number of carbonyl (C=O) groups is 1. The molecule has 0 atom stereocenters. The van der Waals surface area contributed by atoms with E-state index in [-0.39, 0.29) is 12.5 Å². The van der Waals surface area contributed by atoms with Crippen LogP contribution >= 0.6 is 15.9 Å². The van der Waals surface area contributed by atoms with Crippen LogP contribution in [-0.2, 0) is 6.54 Å². The highest BCUT2D eigenvalue weighted by atomic mass is 79.9. The molecule has 1 amide bonds. The normalized spacial score (nSPS) is 10.4. The van der Waals surface area contributed by atoms with E-state index in [9.17, 15) is 9.90 Å². The van der Waals surface area contributed by atoms with Crippen molar-refractivity contribution in [3.8, 4) is 0 Å². The average Bonchev–Trinajstić information content (AvgIpc) is 2.46. The highest BCUT2D eigenvalue weighted by Crippen LogP contribution is 2.18.